The number of hydrogen-bond donors (Lipinski definition) is 1. The fourth-order valence-electron chi connectivity index (χ4n) is 2.58. The minimum atomic E-state index is -0.691. The Kier molecular flexibility index (Phi) is 2.61. The van der Waals surface area contributed by atoms with Crippen molar-refractivity contribution >= 4 is 21.9 Å². The fraction of sp³-hybridized carbons (Fsp3) is 0.462. The van der Waals surface area contributed by atoms with Gasteiger partial charge in [0.1, 0.15) is 0 Å². The number of aliphatic carboxylic acids is 1. The van der Waals surface area contributed by atoms with Crippen LogP contribution in [0.2, 0.25) is 0 Å². The predicted octanol–water partition coefficient (Wildman–Crippen LogP) is 3.58. The van der Waals surface area contributed by atoms with Gasteiger partial charge >= 0.3 is 5.97 Å². The summed E-state index contributed by atoms with van der Waals surface area (Å²) in [6, 6.07) is 6.11. The Labute approximate surface area is 104 Å². The highest BCUT2D eigenvalue weighted by molar-refractivity contribution is 9.10. The van der Waals surface area contributed by atoms with Gasteiger partial charge in [0.2, 0.25) is 0 Å². The van der Waals surface area contributed by atoms with E-state index in [-0.39, 0.29) is 17.3 Å². The van der Waals surface area contributed by atoms with Crippen molar-refractivity contribution < 1.29 is 9.90 Å². The molecule has 1 aliphatic rings. The van der Waals surface area contributed by atoms with Crippen LogP contribution in [-0.2, 0) is 4.79 Å². The van der Waals surface area contributed by atoms with Crippen LogP contribution in [0.25, 0.3) is 0 Å². The van der Waals surface area contributed by atoms with Gasteiger partial charge in [-0.2, -0.15) is 0 Å². The van der Waals surface area contributed by atoms with Crippen LogP contribution < -0.4 is 0 Å². The summed E-state index contributed by atoms with van der Waals surface area (Å²) in [4.78, 5) is 11.1. The van der Waals surface area contributed by atoms with Crippen LogP contribution in [0.3, 0.4) is 0 Å². The van der Waals surface area contributed by atoms with Gasteiger partial charge in [-0.25, -0.2) is 0 Å². The highest BCUT2D eigenvalue weighted by Crippen LogP contribution is 2.65. The Balaban J connectivity index is 2.40. The second-order valence-electron chi connectivity index (χ2n) is 5.14. The van der Waals surface area contributed by atoms with Crippen LogP contribution in [0.5, 0.6) is 0 Å². The van der Waals surface area contributed by atoms with E-state index in [2.05, 4.69) is 22.0 Å². The van der Waals surface area contributed by atoms with Gasteiger partial charge in [-0.3, -0.25) is 4.79 Å². The van der Waals surface area contributed by atoms with Crippen LogP contribution >= 0.6 is 15.9 Å². The van der Waals surface area contributed by atoms with Crippen LogP contribution in [0.15, 0.2) is 22.7 Å². The zero-order chi connectivity index (χ0) is 12.1. The number of carbonyl (C=O) groups is 1. The zero-order valence-corrected chi connectivity index (χ0v) is 11.2. The average Bonchev–Trinajstić information content (AvgIpc) is 2.73. The smallest absolute Gasteiger partial charge is 0.307 e. The summed E-state index contributed by atoms with van der Waals surface area (Å²) in [7, 11) is 0. The molecule has 1 aromatic carbocycles. The molecule has 0 heterocycles. The summed E-state index contributed by atoms with van der Waals surface area (Å²) in [5.74, 6) is -0.826. The molecule has 1 N–H and O–H groups in total. The number of carboxylic acids is 1. The second kappa shape index (κ2) is 3.59. The standard InChI is InChI=1S/C13H15BrO2/c1-7-4-5-9(14)8(6-7)10-11(12(15)16)13(10,2)3/h4-6,10-11H,1-3H3,(H,15,16)/t10-,11+/m1/s1. The van der Waals surface area contributed by atoms with Gasteiger partial charge in [0.25, 0.3) is 0 Å². The second-order valence-corrected chi connectivity index (χ2v) is 5.99. The van der Waals surface area contributed by atoms with E-state index in [1.54, 1.807) is 0 Å². The molecule has 0 bridgehead atoms. The first kappa shape index (κ1) is 11.6. The lowest BCUT2D eigenvalue weighted by Gasteiger charge is -2.06. The highest BCUT2D eigenvalue weighted by Gasteiger charge is 2.63. The number of carboxylic acid groups (broad SMARTS) is 1. The van der Waals surface area contributed by atoms with Gasteiger partial charge in [0.15, 0.2) is 0 Å². The van der Waals surface area contributed by atoms with E-state index in [4.69, 9.17) is 5.11 Å². The third-order valence-corrected chi connectivity index (χ3v) is 4.30. The molecular formula is C13H15BrO2. The maximum atomic E-state index is 11.1. The SMILES string of the molecule is Cc1ccc(Br)c([C@@H]2[C@@H](C(=O)O)C2(C)C)c1. The number of hydrogen-bond acceptors (Lipinski definition) is 1. The number of aryl methyl sites for hydroxylation is 1. The van der Waals surface area contributed by atoms with Crippen molar-refractivity contribution in [2.45, 2.75) is 26.7 Å². The molecule has 2 atom stereocenters. The minimum Gasteiger partial charge on any atom is -0.481 e. The van der Waals surface area contributed by atoms with Gasteiger partial charge in [-0.05, 0) is 24.0 Å². The molecule has 3 heteroatoms. The van der Waals surface area contributed by atoms with Crippen molar-refractivity contribution in [2.24, 2.45) is 11.3 Å². The van der Waals surface area contributed by atoms with Crippen molar-refractivity contribution in [3.8, 4) is 0 Å². The van der Waals surface area contributed by atoms with E-state index in [0.717, 1.165) is 10.0 Å². The van der Waals surface area contributed by atoms with Gasteiger partial charge in [-0.15, -0.1) is 0 Å². The first-order valence-corrected chi connectivity index (χ1v) is 6.14. The van der Waals surface area contributed by atoms with Gasteiger partial charge < -0.3 is 5.11 Å². The van der Waals surface area contributed by atoms with Crippen molar-refractivity contribution in [3.63, 3.8) is 0 Å². The monoisotopic (exact) mass is 282 g/mol. The van der Waals surface area contributed by atoms with Crippen LogP contribution in [0.1, 0.15) is 30.9 Å². The lowest BCUT2D eigenvalue weighted by molar-refractivity contribution is -0.139. The largest absolute Gasteiger partial charge is 0.481 e. The third-order valence-electron chi connectivity index (χ3n) is 3.58. The molecule has 86 valence electrons. The van der Waals surface area contributed by atoms with Crippen molar-refractivity contribution in [1.82, 2.24) is 0 Å². The van der Waals surface area contributed by atoms with Gasteiger partial charge in [0, 0.05) is 10.4 Å². The highest BCUT2D eigenvalue weighted by atomic mass is 79.9. The zero-order valence-electron chi connectivity index (χ0n) is 9.62. The predicted molar refractivity (Wildman–Crippen MR) is 66.5 cm³/mol. The summed E-state index contributed by atoms with van der Waals surface area (Å²) in [6.07, 6.45) is 0. The number of benzene rings is 1. The first-order valence-electron chi connectivity index (χ1n) is 5.34. The Morgan fingerprint density at radius 2 is 2.06 bits per heavy atom. The first-order chi connectivity index (χ1) is 7.35. The van der Waals surface area contributed by atoms with Crippen molar-refractivity contribution in [3.05, 3.63) is 33.8 Å². The van der Waals surface area contributed by atoms with E-state index in [1.165, 1.54) is 5.56 Å². The van der Waals surface area contributed by atoms with Crippen molar-refractivity contribution in [2.75, 3.05) is 0 Å². The molecule has 0 saturated heterocycles. The van der Waals surface area contributed by atoms with E-state index < -0.39 is 5.97 Å². The summed E-state index contributed by atoms with van der Waals surface area (Å²) in [6.45, 7) is 6.07. The molecule has 0 aromatic heterocycles. The summed E-state index contributed by atoms with van der Waals surface area (Å²) < 4.78 is 1.01. The van der Waals surface area contributed by atoms with E-state index in [9.17, 15) is 4.79 Å². The molecule has 2 nitrogen and oxygen atoms in total. The Hall–Kier alpha value is -0.830. The molecule has 1 fully saturated rings. The molecule has 1 aliphatic carbocycles. The van der Waals surface area contributed by atoms with Gasteiger partial charge in [-0.1, -0.05) is 47.5 Å². The third kappa shape index (κ3) is 1.67. The quantitative estimate of drug-likeness (QED) is 0.900. The van der Waals surface area contributed by atoms with Crippen LogP contribution in [-0.4, -0.2) is 11.1 Å². The number of halogens is 1. The Morgan fingerprint density at radius 1 is 1.44 bits per heavy atom. The maximum Gasteiger partial charge on any atom is 0.307 e. The average molecular weight is 283 g/mol. The van der Waals surface area contributed by atoms with E-state index >= 15 is 0 Å². The Morgan fingerprint density at radius 3 is 2.56 bits per heavy atom. The fourth-order valence-corrected chi connectivity index (χ4v) is 3.07. The number of rotatable bonds is 2. The Bertz CT molecular complexity index is 451. The summed E-state index contributed by atoms with van der Waals surface area (Å²) in [5, 5.41) is 9.17. The molecule has 1 aromatic rings. The minimum absolute atomic E-state index is 0.124. The molecule has 0 radical (unpaired) electrons. The molecule has 2 rings (SSSR count). The lowest BCUT2D eigenvalue weighted by Crippen LogP contribution is -2.03. The molecule has 0 amide bonds. The molecule has 16 heavy (non-hydrogen) atoms. The van der Waals surface area contributed by atoms with Crippen LogP contribution in [0.4, 0.5) is 0 Å². The van der Waals surface area contributed by atoms with Gasteiger partial charge in [0.05, 0.1) is 5.92 Å². The normalized spacial score (nSPS) is 26.5. The van der Waals surface area contributed by atoms with Crippen LogP contribution in [0, 0.1) is 18.3 Å². The van der Waals surface area contributed by atoms with E-state index in [1.807, 2.05) is 32.9 Å². The van der Waals surface area contributed by atoms with Crippen molar-refractivity contribution in [1.29, 1.82) is 0 Å². The molecule has 0 aliphatic heterocycles. The lowest BCUT2D eigenvalue weighted by atomic mass is 10.0. The molecule has 1 saturated carbocycles. The van der Waals surface area contributed by atoms with E-state index in [0.29, 0.717) is 0 Å². The molecule has 0 spiro atoms. The summed E-state index contributed by atoms with van der Waals surface area (Å²) in [5.41, 5.74) is 2.16. The molecule has 0 unspecified atom stereocenters. The maximum absolute atomic E-state index is 11.1. The summed E-state index contributed by atoms with van der Waals surface area (Å²) >= 11 is 3.51. The molecular weight excluding hydrogens is 268 g/mol. The topological polar surface area (TPSA) is 37.3 Å².